The molecule has 2 nitrogen and oxygen atoms in total. The lowest BCUT2D eigenvalue weighted by molar-refractivity contribution is 0.143. The molecule has 0 bridgehead atoms. The van der Waals surface area contributed by atoms with Crippen molar-refractivity contribution in [3.63, 3.8) is 0 Å². The second-order valence-electron chi connectivity index (χ2n) is 8.90. The van der Waals surface area contributed by atoms with Gasteiger partial charge in [0.25, 0.3) is 0 Å². The summed E-state index contributed by atoms with van der Waals surface area (Å²) >= 11 is 0. The van der Waals surface area contributed by atoms with Gasteiger partial charge < -0.3 is 9.84 Å². The molecule has 30 heavy (non-hydrogen) atoms. The molecule has 0 radical (unpaired) electrons. The van der Waals surface area contributed by atoms with E-state index in [2.05, 4.69) is 18.8 Å². The largest absolute Gasteiger partial charge is 0.491 e. The highest BCUT2D eigenvalue weighted by atomic mass is 19.1. The number of hydrogen-bond acceptors (Lipinski definition) is 2. The van der Waals surface area contributed by atoms with Crippen molar-refractivity contribution < 1.29 is 14.2 Å². The molecule has 1 N–H and O–H groups in total. The van der Waals surface area contributed by atoms with Gasteiger partial charge in [-0.05, 0) is 38.5 Å². The maximum absolute atomic E-state index is 14.1. The molecule has 0 unspecified atom stereocenters. The van der Waals surface area contributed by atoms with Gasteiger partial charge in [-0.2, -0.15) is 0 Å². The van der Waals surface area contributed by atoms with E-state index in [1.807, 2.05) is 0 Å². The molecule has 0 fully saturated rings. The quantitative estimate of drug-likeness (QED) is 0.219. The molecule has 0 aliphatic heterocycles. The van der Waals surface area contributed by atoms with E-state index in [0.717, 1.165) is 12.8 Å². The summed E-state index contributed by atoms with van der Waals surface area (Å²) in [6.45, 7) is 6.02. The Kier molecular flexibility index (Phi) is 14.3. The monoisotopic (exact) mass is 418 g/mol. The molecule has 1 aromatic rings. The first-order valence-electron chi connectivity index (χ1n) is 12.1. The van der Waals surface area contributed by atoms with Gasteiger partial charge in [-0.3, -0.25) is 0 Å². The summed E-state index contributed by atoms with van der Waals surface area (Å²) in [4.78, 5) is 0. The first kappa shape index (κ1) is 26.5. The molecule has 0 aliphatic rings. The van der Waals surface area contributed by atoms with Crippen LogP contribution < -0.4 is 4.74 Å². The first-order chi connectivity index (χ1) is 14.4. The SMILES string of the molecule is CCCCCCCCCCCCCCCCOc1ccc(C#CC(C)(C)O)cc1F. The molecule has 0 saturated carbocycles. The van der Waals surface area contributed by atoms with Crippen molar-refractivity contribution in [3.05, 3.63) is 29.6 Å². The van der Waals surface area contributed by atoms with Gasteiger partial charge in [0, 0.05) is 5.56 Å². The highest BCUT2D eigenvalue weighted by molar-refractivity contribution is 5.40. The molecular weight excluding hydrogens is 375 g/mol. The van der Waals surface area contributed by atoms with Crippen molar-refractivity contribution in [2.24, 2.45) is 0 Å². The molecule has 170 valence electrons. The zero-order valence-electron chi connectivity index (χ0n) is 19.6. The van der Waals surface area contributed by atoms with E-state index in [4.69, 9.17) is 4.74 Å². The van der Waals surface area contributed by atoms with Crippen molar-refractivity contribution in [2.45, 2.75) is 116 Å². The Bertz CT molecular complexity index is 622. The Hall–Kier alpha value is -1.53. The molecule has 0 atom stereocenters. The van der Waals surface area contributed by atoms with Gasteiger partial charge in [0.15, 0.2) is 11.6 Å². The molecule has 1 aromatic carbocycles. The molecule has 0 amide bonds. The molecule has 1 rings (SSSR count). The second-order valence-corrected chi connectivity index (χ2v) is 8.90. The molecular formula is C27H43FO2. The standard InChI is InChI=1S/C27H43FO2/c1-4-5-6-7-8-9-10-11-12-13-14-15-16-17-22-30-26-19-18-24(23-25(26)28)20-21-27(2,3)29/h18-19,23,29H,4-17,22H2,1-3H3. The smallest absolute Gasteiger partial charge is 0.166 e. The van der Waals surface area contributed by atoms with E-state index in [1.165, 1.54) is 83.1 Å². The minimum atomic E-state index is -1.08. The van der Waals surface area contributed by atoms with Crippen LogP contribution in [0.15, 0.2) is 18.2 Å². The Labute approximate surface area is 184 Å². The van der Waals surface area contributed by atoms with Crippen LogP contribution in [0, 0.1) is 17.7 Å². The average Bonchev–Trinajstić information content (AvgIpc) is 2.70. The number of hydrogen-bond donors (Lipinski definition) is 1. The Morgan fingerprint density at radius 1 is 0.833 bits per heavy atom. The minimum absolute atomic E-state index is 0.276. The lowest BCUT2D eigenvalue weighted by atomic mass is 10.0. The van der Waals surface area contributed by atoms with E-state index in [1.54, 1.807) is 26.0 Å². The molecule has 0 spiro atoms. The van der Waals surface area contributed by atoms with E-state index in [9.17, 15) is 9.50 Å². The van der Waals surface area contributed by atoms with Crippen molar-refractivity contribution in [1.82, 2.24) is 0 Å². The zero-order chi connectivity index (χ0) is 22.1. The van der Waals surface area contributed by atoms with Crippen LogP contribution in [0.3, 0.4) is 0 Å². The van der Waals surface area contributed by atoms with Crippen LogP contribution in [0.25, 0.3) is 0 Å². The van der Waals surface area contributed by atoms with E-state index in [-0.39, 0.29) is 5.75 Å². The van der Waals surface area contributed by atoms with Gasteiger partial charge in [-0.15, -0.1) is 0 Å². The van der Waals surface area contributed by atoms with Crippen molar-refractivity contribution in [2.75, 3.05) is 6.61 Å². The number of rotatable bonds is 16. The average molecular weight is 419 g/mol. The molecule has 0 aliphatic carbocycles. The Morgan fingerprint density at radius 2 is 1.33 bits per heavy atom. The highest BCUT2D eigenvalue weighted by Crippen LogP contribution is 2.19. The third kappa shape index (κ3) is 14.5. The van der Waals surface area contributed by atoms with Gasteiger partial charge in [0.1, 0.15) is 5.60 Å². The topological polar surface area (TPSA) is 29.5 Å². The van der Waals surface area contributed by atoms with Crippen molar-refractivity contribution in [1.29, 1.82) is 0 Å². The van der Waals surface area contributed by atoms with Gasteiger partial charge in [0.05, 0.1) is 6.61 Å². The van der Waals surface area contributed by atoms with Gasteiger partial charge in [-0.25, -0.2) is 4.39 Å². The van der Waals surface area contributed by atoms with Crippen LogP contribution in [0.5, 0.6) is 5.75 Å². The van der Waals surface area contributed by atoms with Gasteiger partial charge in [0.2, 0.25) is 0 Å². The van der Waals surface area contributed by atoms with Crippen LogP contribution in [-0.4, -0.2) is 17.3 Å². The van der Waals surface area contributed by atoms with Crippen LogP contribution in [0.1, 0.15) is 116 Å². The number of halogens is 1. The number of unbranched alkanes of at least 4 members (excludes halogenated alkanes) is 13. The van der Waals surface area contributed by atoms with Gasteiger partial charge >= 0.3 is 0 Å². The summed E-state index contributed by atoms with van der Waals surface area (Å²) in [5.74, 6) is 5.34. The summed E-state index contributed by atoms with van der Waals surface area (Å²) in [6.07, 6.45) is 18.5. The molecule has 3 heteroatoms. The number of aliphatic hydroxyl groups is 1. The van der Waals surface area contributed by atoms with Crippen LogP contribution in [0.2, 0.25) is 0 Å². The summed E-state index contributed by atoms with van der Waals surface area (Å²) in [5.41, 5.74) is -0.544. The van der Waals surface area contributed by atoms with Gasteiger partial charge in [-0.1, -0.05) is 102 Å². The van der Waals surface area contributed by atoms with E-state index >= 15 is 0 Å². The van der Waals surface area contributed by atoms with E-state index in [0.29, 0.717) is 12.2 Å². The third-order valence-electron chi connectivity index (χ3n) is 5.20. The Balaban J connectivity index is 2.01. The Morgan fingerprint density at radius 3 is 1.80 bits per heavy atom. The summed E-state index contributed by atoms with van der Waals surface area (Å²) in [7, 11) is 0. The summed E-state index contributed by atoms with van der Waals surface area (Å²) < 4.78 is 19.7. The fraction of sp³-hybridized carbons (Fsp3) is 0.704. The maximum atomic E-state index is 14.1. The first-order valence-corrected chi connectivity index (χ1v) is 12.1. The molecule has 0 aromatic heterocycles. The predicted octanol–water partition coefficient (Wildman–Crippen LogP) is 7.81. The zero-order valence-corrected chi connectivity index (χ0v) is 19.6. The predicted molar refractivity (Wildman–Crippen MR) is 125 cm³/mol. The molecule has 0 saturated heterocycles. The fourth-order valence-electron chi connectivity index (χ4n) is 3.40. The second kappa shape index (κ2) is 16.2. The van der Waals surface area contributed by atoms with E-state index < -0.39 is 11.4 Å². The van der Waals surface area contributed by atoms with Crippen LogP contribution in [0.4, 0.5) is 4.39 Å². The van der Waals surface area contributed by atoms with Crippen molar-refractivity contribution >= 4 is 0 Å². The normalized spacial score (nSPS) is 11.2. The number of benzene rings is 1. The third-order valence-corrected chi connectivity index (χ3v) is 5.20. The van der Waals surface area contributed by atoms with Crippen molar-refractivity contribution in [3.8, 4) is 17.6 Å². The van der Waals surface area contributed by atoms with Crippen LogP contribution >= 0.6 is 0 Å². The maximum Gasteiger partial charge on any atom is 0.166 e. The lowest BCUT2D eigenvalue weighted by Crippen LogP contribution is -2.14. The summed E-state index contributed by atoms with van der Waals surface area (Å²) in [5, 5.41) is 9.61. The minimum Gasteiger partial charge on any atom is -0.491 e. The van der Waals surface area contributed by atoms with Crippen LogP contribution in [-0.2, 0) is 0 Å². The summed E-state index contributed by atoms with van der Waals surface area (Å²) in [6, 6.07) is 4.70. The lowest BCUT2D eigenvalue weighted by Gasteiger charge is -2.08. The molecule has 0 heterocycles. The number of ether oxygens (including phenoxy) is 1. The highest BCUT2D eigenvalue weighted by Gasteiger charge is 2.07. The fourth-order valence-corrected chi connectivity index (χ4v) is 3.40.